The maximum Gasteiger partial charge on any atom is 0.407 e. The third kappa shape index (κ3) is 6.56. The highest BCUT2D eigenvalue weighted by molar-refractivity contribution is 7.91. The lowest BCUT2D eigenvalue weighted by atomic mass is 10.0. The number of nitrogens with one attached hydrogen (secondary N) is 4. The molecule has 32 heavy (non-hydrogen) atoms. The fourth-order valence-corrected chi connectivity index (χ4v) is 4.96. The molecule has 1 saturated carbocycles. The van der Waals surface area contributed by atoms with Gasteiger partial charge < -0.3 is 15.4 Å². The molecule has 2 unspecified atom stereocenters. The molecule has 0 spiro atoms. The Balaban J connectivity index is 1.51. The van der Waals surface area contributed by atoms with Gasteiger partial charge in [0.25, 0.3) is 0 Å². The van der Waals surface area contributed by atoms with Crippen molar-refractivity contribution in [2.24, 2.45) is 5.92 Å². The summed E-state index contributed by atoms with van der Waals surface area (Å²) in [6.45, 7) is 3.00. The van der Waals surface area contributed by atoms with Gasteiger partial charge in [0.15, 0.2) is 5.82 Å². The fourth-order valence-electron chi connectivity index (χ4n) is 3.98. The van der Waals surface area contributed by atoms with Crippen molar-refractivity contribution in [3.63, 3.8) is 0 Å². The zero-order valence-electron chi connectivity index (χ0n) is 18.5. The van der Waals surface area contributed by atoms with Crippen molar-refractivity contribution in [2.45, 2.75) is 49.8 Å². The lowest BCUT2D eigenvalue weighted by molar-refractivity contribution is -0.115. The number of ether oxygens (including phenoxy) is 1. The van der Waals surface area contributed by atoms with E-state index in [1.54, 1.807) is 24.3 Å². The topological polar surface area (TPSA) is 137 Å². The predicted molar refractivity (Wildman–Crippen MR) is 122 cm³/mol. The van der Waals surface area contributed by atoms with Gasteiger partial charge in [-0.3, -0.25) is 9.89 Å². The molecule has 1 aromatic heterocycles. The van der Waals surface area contributed by atoms with Crippen LogP contribution in [0.25, 0.3) is 0 Å². The van der Waals surface area contributed by atoms with E-state index in [0.29, 0.717) is 35.3 Å². The van der Waals surface area contributed by atoms with Crippen LogP contribution in [0.5, 0.6) is 0 Å². The summed E-state index contributed by atoms with van der Waals surface area (Å²) in [4.78, 5) is 24.5. The zero-order valence-corrected chi connectivity index (χ0v) is 19.3. The van der Waals surface area contributed by atoms with E-state index in [4.69, 9.17) is 9.52 Å². The van der Waals surface area contributed by atoms with Crippen molar-refractivity contribution < 1.29 is 18.5 Å². The Labute approximate surface area is 188 Å². The molecule has 0 aliphatic heterocycles. The number of hydrogen-bond acceptors (Lipinski definition) is 6. The van der Waals surface area contributed by atoms with Crippen LogP contribution in [0.1, 0.15) is 49.8 Å². The van der Waals surface area contributed by atoms with E-state index in [0.717, 1.165) is 31.4 Å². The normalized spacial score (nSPS) is 19.8. The molecule has 0 bridgehead atoms. The number of amides is 2. The molecule has 4 N–H and O–H groups in total. The summed E-state index contributed by atoms with van der Waals surface area (Å²) in [7, 11) is -2.92. The van der Waals surface area contributed by atoms with Crippen molar-refractivity contribution >= 4 is 27.5 Å². The van der Waals surface area contributed by atoms with Crippen LogP contribution in [0.2, 0.25) is 0 Å². The average molecular weight is 462 g/mol. The highest BCUT2D eigenvalue weighted by Gasteiger charge is 2.28. The fraction of sp³-hybridized carbons (Fsp3) is 0.500. The molecular weight excluding hydrogens is 430 g/mol. The monoisotopic (exact) mass is 461 g/mol. The highest BCUT2D eigenvalue weighted by atomic mass is 32.2. The summed E-state index contributed by atoms with van der Waals surface area (Å²) in [6, 6.07) is 8.65. The highest BCUT2D eigenvalue weighted by Crippen LogP contribution is 2.38. The second-order valence-electron chi connectivity index (χ2n) is 8.29. The second kappa shape index (κ2) is 10.6. The summed E-state index contributed by atoms with van der Waals surface area (Å²) in [5.41, 5.74) is 1.52. The number of aromatic amines is 1. The largest absolute Gasteiger partial charge is 0.449 e. The molecule has 3 atom stereocenters. The van der Waals surface area contributed by atoms with Crippen LogP contribution in [0, 0.1) is 10.7 Å². The first-order valence-electron chi connectivity index (χ1n) is 10.8. The maximum atomic E-state index is 12.5. The van der Waals surface area contributed by atoms with Crippen molar-refractivity contribution in [3.05, 3.63) is 41.6 Å². The van der Waals surface area contributed by atoms with Gasteiger partial charge in [-0.05, 0) is 43.2 Å². The minimum Gasteiger partial charge on any atom is -0.449 e. The number of alkyl carbamates (subject to hydrolysis) is 1. The number of aromatic nitrogens is 2. The average Bonchev–Trinajstić information content (AvgIpc) is 3.39. The lowest BCUT2D eigenvalue weighted by Gasteiger charge is -2.11. The van der Waals surface area contributed by atoms with Gasteiger partial charge >= 0.3 is 6.09 Å². The van der Waals surface area contributed by atoms with Crippen molar-refractivity contribution in [3.8, 4) is 0 Å². The van der Waals surface area contributed by atoms with Crippen LogP contribution in [0.3, 0.4) is 0 Å². The van der Waals surface area contributed by atoms with E-state index >= 15 is 0 Å². The van der Waals surface area contributed by atoms with Gasteiger partial charge in [-0.1, -0.05) is 25.1 Å². The smallest absolute Gasteiger partial charge is 0.407 e. The van der Waals surface area contributed by atoms with Crippen LogP contribution in [-0.2, 0) is 25.7 Å². The molecule has 2 aromatic rings. The molecule has 3 rings (SSSR count). The van der Waals surface area contributed by atoms with E-state index in [1.165, 1.54) is 6.26 Å². The lowest BCUT2D eigenvalue weighted by Crippen LogP contribution is -2.26. The summed E-state index contributed by atoms with van der Waals surface area (Å²) < 4.78 is 25.3. The SMILES string of the molecule is CCCNC(=O)OCC1CC[C@H](c2cc(NC(=O)Cc3ccccc3S(C)(=N)=O)n[nH]2)C1. The molecule has 1 heterocycles. The number of H-pyrrole nitrogens is 1. The third-order valence-electron chi connectivity index (χ3n) is 5.56. The molecule has 1 aliphatic rings. The molecule has 9 nitrogen and oxygen atoms in total. The Bertz CT molecular complexity index is 1050. The standard InChI is InChI=1S/C22H31N5O4S/c1-3-10-24-22(29)31-14-15-8-9-16(11-15)18-13-20(27-26-18)25-21(28)12-17-6-4-5-7-19(17)32(2,23)30/h4-7,13,15-16,23H,3,8-12,14H2,1-2H3,(H,24,29)(H2,25,26,27,28)/t15?,16-,32?/m0/s1. The molecule has 10 heteroatoms. The first-order valence-corrected chi connectivity index (χ1v) is 12.8. The first-order chi connectivity index (χ1) is 15.3. The molecule has 0 saturated heterocycles. The van der Waals surface area contributed by atoms with Crippen LogP contribution < -0.4 is 10.6 Å². The second-order valence-corrected chi connectivity index (χ2v) is 10.4. The molecular formula is C22H31N5O4S. The number of carbonyl (C=O) groups is 2. The molecule has 0 radical (unpaired) electrons. The molecule has 2 amide bonds. The van der Waals surface area contributed by atoms with Crippen LogP contribution in [0.4, 0.5) is 10.6 Å². The Hall–Kier alpha value is -2.88. The quantitative estimate of drug-likeness (QED) is 0.452. The van der Waals surface area contributed by atoms with E-state index in [-0.39, 0.29) is 24.3 Å². The minimum absolute atomic E-state index is 0.0189. The first kappa shape index (κ1) is 23.8. The number of hydrogen-bond donors (Lipinski definition) is 4. The molecule has 174 valence electrons. The number of nitrogens with zero attached hydrogens (tertiary/aromatic N) is 1. The van der Waals surface area contributed by atoms with Gasteiger partial charge in [-0.15, -0.1) is 0 Å². The van der Waals surface area contributed by atoms with Gasteiger partial charge in [-0.2, -0.15) is 5.10 Å². The van der Waals surface area contributed by atoms with Gasteiger partial charge in [-0.25, -0.2) is 13.8 Å². The van der Waals surface area contributed by atoms with Crippen LogP contribution in [0.15, 0.2) is 35.2 Å². The van der Waals surface area contributed by atoms with E-state index in [1.807, 2.05) is 13.0 Å². The number of carbonyl (C=O) groups excluding carboxylic acids is 2. The van der Waals surface area contributed by atoms with E-state index in [9.17, 15) is 13.8 Å². The van der Waals surface area contributed by atoms with Crippen LogP contribution >= 0.6 is 0 Å². The van der Waals surface area contributed by atoms with Crippen LogP contribution in [-0.4, -0.2) is 45.8 Å². The van der Waals surface area contributed by atoms with Gasteiger partial charge in [0.05, 0.1) is 27.7 Å². The van der Waals surface area contributed by atoms with Gasteiger partial charge in [0.2, 0.25) is 5.91 Å². The summed E-state index contributed by atoms with van der Waals surface area (Å²) in [6.07, 6.45) is 4.68. The van der Waals surface area contributed by atoms with Crippen molar-refractivity contribution in [1.82, 2.24) is 15.5 Å². The molecule has 1 aliphatic carbocycles. The zero-order chi connectivity index (χ0) is 23.1. The van der Waals surface area contributed by atoms with E-state index < -0.39 is 9.73 Å². The number of benzene rings is 1. The van der Waals surface area contributed by atoms with Gasteiger partial charge in [0, 0.05) is 30.5 Å². The minimum atomic E-state index is -2.92. The third-order valence-corrected chi connectivity index (χ3v) is 6.80. The van der Waals surface area contributed by atoms with Crippen molar-refractivity contribution in [2.75, 3.05) is 24.7 Å². The summed E-state index contributed by atoms with van der Waals surface area (Å²) in [5, 5.41) is 12.7. The van der Waals surface area contributed by atoms with E-state index in [2.05, 4.69) is 20.8 Å². The Morgan fingerprint density at radius 2 is 2.09 bits per heavy atom. The number of anilines is 1. The number of rotatable bonds is 9. The Morgan fingerprint density at radius 3 is 2.84 bits per heavy atom. The Morgan fingerprint density at radius 1 is 1.31 bits per heavy atom. The summed E-state index contributed by atoms with van der Waals surface area (Å²) >= 11 is 0. The van der Waals surface area contributed by atoms with Crippen molar-refractivity contribution in [1.29, 1.82) is 4.78 Å². The Kier molecular flexibility index (Phi) is 7.89. The van der Waals surface area contributed by atoms with Gasteiger partial charge in [0.1, 0.15) is 0 Å². The molecule has 1 aromatic carbocycles. The predicted octanol–water partition coefficient (Wildman–Crippen LogP) is 3.65. The molecule has 1 fully saturated rings. The maximum absolute atomic E-state index is 12.5. The summed E-state index contributed by atoms with van der Waals surface area (Å²) in [5.74, 6) is 0.729.